The third-order valence-corrected chi connectivity index (χ3v) is 3.43. The number of nitriles is 1. The Bertz CT molecular complexity index is 341. The molecule has 0 fully saturated rings. The fourth-order valence-corrected chi connectivity index (χ4v) is 2.61. The number of hydrogen-bond donors (Lipinski definition) is 0. The molecule has 62 valence electrons. The van der Waals surface area contributed by atoms with Crippen molar-refractivity contribution in [2.75, 3.05) is 0 Å². The van der Waals surface area contributed by atoms with Gasteiger partial charge in [0.05, 0.1) is 5.56 Å². The van der Waals surface area contributed by atoms with E-state index in [0.717, 1.165) is 20.0 Å². The van der Waals surface area contributed by atoms with E-state index in [1.165, 1.54) is 5.56 Å². The van der Waals surface area contributed by atoms with E-state index in [4.69, 9.17) is 5.26 Å². The van der Waals surface area contributed by atoms with Gasteiger partial charge in [0.25, 0.3) is 0 Å². The van der Waals surface area contributed by atoms with Crippen molar-refractivity contribution in [2.24, 2.45) is 0 Å². The molecule has 0 aliphatic rings. The van der Waals surface area contributed by atoms with E-state index in [2.05, 4.69) is 50.7 Å². The molecule has 12 heavy (non-hydrogen) atoms. The highest BCUT2D eigenvalue weighted by Crippen LogP contribution is 2.21. The zero-order valence-corrected chi connectivity index (χ0v) is 10.3. The molecule has 0 radical (unpaired) electrons. The first kappa shape index (κ1) is 10.0. The van der Waals surface area contributed by atoms with Crippen LogP contribution in [0.3, 0.4) is 0 Å². The summed E-state index contributed by atoms with van der Waals surface area (Å²) in [5.41, 5.74) is 3.10. The van der Waals surface area contributed by atoms with Crippen LogP contribution in [0.1, 0.15) is 16.7 Å². The normalized spacial score (nSPS) is 9.50. The number of hydrogen-bond acceptors (Lipinski definition) is 1. The van der Waals surface area contributed by atoms with Gasteiger partial charge < -0.3 is 0 Å². The highest BCUT2D eigenvalue weighted by atomic mass is 127. The van der Waals surface area contributed by atoms with E-state index in [1.54, 1.807) is 0 Å². The van der Waals surface area contributed by atoms with Gasteiger partial charge in [0.15, 0.2) is 0 Å². The number of aryl methyl sites for hydroxylation is 1. The molecule has 0 N–H and O–H groups in total. The van der Waals surface area contributed by atoms with Crippen molar-refractivity contribution < 1.29 is 0 Å². The number of halogens is 2. The fraction of sp³-hybridized carbons (Fsp3) is 0.222. The minimum absolute atomic E-state index is 0.769. The molecule has 0 saturated heterocycles. The SMILES string of the molecule is Cc1cc(C#N)c(I)c(CBr)c1. The number of benzene rings is 1. The molecule has 1 aromatic rings. The van der Waals surface area contributed by atoms with Gasteiger partial charge in [-0.1, -0.05) is 22.0 Å². The van der Waals surface area contributed by atoms with E-state index < -0.39 is 0 Å². The Hall–Kier alpha value is -0.0800. The molecule has 0 unspecified atom stereocenters. The van der Waals surface area contributed by atoms with Crippen molar-refractivity contribution in [1.82, 2.24) is 0 Å². The molecular weight excluding hydrogens is 329 g/mol. The van der Waals surface area contributed by atoms with Gasteiger partial charge in [-0.2, -0.15) is 5.26 Å². The third kappa shape index (κ3) is 1.99. The van der Waals surface area contributed by atoms with Crippen molar-refractivity contribution in [2.45, 2.75) is 12.3 Å². The molecule has 0 aliphatic heterocycles. The van der Waals surface area contributed by atoms with Gasteiger partial charge in [0.1, 0.15) is 6.07 Å². The van der Waals surface area contributed by atoms with Gasteiger partial charge in [-0.05, 0) is 46.7 Å². The predicted octanol–water partition coefficient (Wildman–Crippen LogP) is 3.37. The highest BCUT2D eigenvalue weighted by molar-refractivity contribution is 14.1. The first-order chi connectivity index (χ1) is 5.69. The predicted molar refractivity (Wildman–Crippen MR) is 61.2 cm³/mol. The zero-order valence-electron chi connectivity index (χ0n) is 6.56. The van der Waals surface area contributed by atoms with E-state index >= 15 is 0 Å². The van der Waals surface area contributed by atoms with Gasteiger partial charge in [-0.15, -0.1) is 0 Å². The summed E-state index contributed by atoms with van der Waals surface area (Å²) in [7, 11) is 0. The summed E-state index contributed by atoms with van der Waals surface area (Å²) in [6.45, 7) is 2.00. The zero-order chi connectivity index (χ0) is 9.14. The summed E-state index contributed by atoms with van der Waals surface area (Å²) in [6.07, 6.45) is 0. The van der Waals surface area contributed by atoms with E-state index in [-0.39, 0.29) is 0 Å². The lowest BCUT2D eigenvalue weighted by Gasteiger charge is -2.03. The molecule has 0 amide bonds. The summed E-state index contributed by atoms with van der Waals surface area (Å²) in [5.74, 6) is 0. The third-order valence-electron chi connectivity index (χ3n) is 1.56. The van der Waals surface area contributed by atoms with Gasteiger partial charge in [-0.3, -0.25) is 0 Å². The lowest BCUT2D eigenvalue weighted by molar-refractivity contribution is 1.31. The Balaban J connectivity index is 3.34. The molecule has 1 rings (SSSR count). The minimum Gasteiger partial charge on any atom is -0.192 e. The second kappa shape index (κ2) is 4.24. The van der Waals surface area contributed by atoms with Crippen molar-refractivity contribution in [1.29, 1.82) is 5.26 Å². The van der Waals surface area contributed by atoms with Crippen LogP contribution in [0.25, 0.3) is 0 Å². The van der Waals surface area contributed by atoms with Crippen LogP contribution in [0.4, 0.5) is 0 Å². The van der Waals surface area contributed by atoms with Crippen LogP contribution in [0, 0.1) is 21.8 Å². The van der Waals surface area contributed by atoms with E-state index in [0.29, 0.717) is 0 Å². The smallest absolute Gasteiger partial charge is 0.100 e. The lowest BCUT2D eigenvalue weighted by atomic mass is 10.1. The standard InChI is InChI=1S/C9H7BrIN/c1-6-2-7(4-10)9(11)8(3-6)5-12/h2-3H,4H2,1H3. The van der Waals surface area contributed by atoms with Crippen molar-refractivity contribution in [3.8, 4) is 6.07 Å². The molecule has 0 aliphatic carbocycles. The molecule has 0 saturated carbocycles. The summed E-state index contributed by atoms with van der Waals surface area (Å²) >= 11 is 5.60. The summed E-state index contributed by atoms with van der Waals surface area (Å²) in [4.78, 5) is 0. The van der Waals surface area contributed by atoms with Crippen LogP contribution in [0.5, 0.6) is 0 Å². The Morgan fingerprint density at radius 3 is 2.75 bits per heavy atom. The Morgan fingerprint density at radius 1 is 1.58 bits per heavy atom. The van der Waals surface area contributed by atoms with Gasteiger partial charge in [0, 0.05) is 8.90 Å². The molecule has 0 bridgehead atoms. The second-order valence-corrected chi connectivity index (χ2v) is 4.17. The lowest BCUT2D eigenvalue weighted by Crippen LogP contribution is -1.91. The van der Waals surface area contributed by atoms with E-state index in [1.807, 2.05) is 13.0 Å². The number of alkyl halides is 1. The fourth-order valence-electron chi connectivity index (χ4n) is 1.02. The average molecular weight is 336 g/mol. The van der Waals surface area contributed by atoms with Crippen molar-refractivity contribution in [3.05, 3.63) is 32.4 Å². The van der Waals surface area contributed by atoms with Crippen LogP contribution in [0.2, 0.25) is 0 Å². The first-order valence-electron chi connectivity index (χ1n) is 3.44. The Kier molecular flexibility index (Phi) is 3.53. The topological polar surface area (TPSA) is 23.8 Å². The quantitative estimate of drug-likeness (QED) is 0.570. The molecule has 0 spiro atoms. The van der Waals surface area contributed by atoms with Gasteiger partial charge in [0.2, 0.25) is 0 Å². The monoisotopic (exact) mass is 335 g/mol. The maximum absolute atomic E-state index is 8.79. The molecule has 1 nitrogen and oxygen atoms in total. The molecule has 1 aromatic carbocycles. The first-order valence-corrected chi connectivity index (χ1v) is 5.64. The van der Waals surface area contributed by atoms with Crippen LogP contribution in [0.15, 0.2) is 12.1 Å². The summed E-state index contributed by atoms with van der Waals surface area (Å²) < 4.78 is 1.05. The second-order valence-electron chi connectivity index (χ2n) is 2.53. The average Bonchev–Trinajstić information content (AvgIpc) is 2.08. The molecule has 0 heterocycles. The van der Waals surface area contributed by atoms with Crippen LogP contribution < -0.4 is 0 Å². The van der Waals surface area contributed by atoms with Crippen LogP contribution in [-0.2, 0) is 5.33 Å². The number of rotatable bonds is 1. The minimum atomic E-state index is 0.769. The summed E-state index contributed by atoms with van der Waals surface area (Å²) in [6, 6.07) is 6.19. The van der Waals surface area contributed by atoms with Gasteiger partial charge in [-0.25, -0.2) is 0 Å². The number of nitrogens with zero attached hydrogens (tertiary/aromatic N) is 1. The molecule has 3 heteroatoms. The maximum Gasteiger partial charge on any atom is 0.100 e. The summed E-state index contributed by atoms with van der Waals surface area (Å²) in [5, 5.41) is 9.60. The van der Waals surface area contributed by atoms with Crippen molar-refractivity contribution >= 4 is 38.5 Å². The van der Waals surface area contributed by atoms with E-state index in [9.17, 15) is 0 Å². The Labute approximate surface area is 94.0 Å². The Morgan fingerprint density at radius 2 is 2.25 bits per heavy atom. The maximum atomic E-state index is 8.79. The highest BCUT2D eigenvalue weighted by Gasteiger charge is 2.04. The molecular formula is C9H7BrIN. The largest absolute Gasteiger partial charge is 0.192 e. The molecule has 0 aromatic heterocycles. The van der Waals surface area contributed by atoms with Crippen LogP contribution >= 0.6 is 38.5 Å². The van der Waals surface area contributed by atoms with Crippen LogP contribution in [-0.4, -0.2) is 0 Å². The van der Waals surface area contributed by atoms with Crippen molar-refractivity contribution in [3.63, 3.8) is 0 Å². The van der Waals surface area contributed by atoms with Gasteiger partial charge >= 0.3 is 0 Å². The molecule has 0 atom stereocenters.